The Hall–Kier alpha value is -1.71. The van der Waals surface area contributed by atoms with Gasteiger partial charge in [-0.05, 0) is 42.6 Å². The van der Waals surface area contributed by atoms with Crippen LogP contribution in [-0.4, -0.2) is 13.7 Å². The molecule has 0 bridgehead atoms. The van der Waals surface area contributed by atoms with Crippen molar-refractivity contribution < 1.29 is 9.47 Å². The zero-order chi connectivity index (χ0) is 14.5. The van der Waals surface area contributed by atoms with Crippen molar-refractivity contribution in [3.05, 3.63) is 59.7 Å². The van der Waals surface area contributed by atoms with Crippen LogP contribution in [0.5, 0.6) is 11.5 Å². The molecule has 1 saturated heterocycles. The van der Waals surface area contributed by atoms with Crippen molar-refractivity contribution in [1.29, 1.82) is 0 Å². The van der Waals surface area contributed by atoms with Crippen molar-refractivity contribution in [1.82, 2.24) is 5.32 Å². The van der Waals surface area contributed by atoms with E-state index >= 15 is 0 Å². The summed E-state index contributed by atoms with van der Waals surface area (Å²) in [5.74, 6) is 1.60. The second-order valence-electron chi connectivity index (χ2n) is 5.33. The standard InChI is InChI=1S/C18H21NO2.ClH/c1-20-18-12-15(16-8-5-11-19-16)9-10-17(18)21-13-14-6-3-2-4-7-14;/h2-4,6-7,9-10,12,16,19H,5,8,11,13H2,1H3;1H/t16-;/m0./s1. The molecule has 0 aliphatic carbocycles. The molecule has 2 aromatic carbocycles. The lowest BCUT2D eigenvalue weighted by molar-refractivity contribution is 0.284. The van der Waals surface area contributed by atoms with Gasteiger partial charge >= 0.3 is 0 Å². The monoisotopic (exact) mass is 319 g/mol. The predicted molar refractivity (Wildman–Crippen MR) is 91.0 cm³/mol. The van der Waals surface area contributed by atoms with Crippen LogP contribution in [0.25, 0.3) is 0 Å². The van der Waals surface area contributed by atoms with E-state index in [1.54, 1.807) is 7.11 Å². The van der Waals surface area contributed by atoms with Gasteiger partial charge in [-0.25, -0.2) is 0 Å². The molecule has 0 saturated carbocycles. The van der Waals surface area contributed by atoms with Gasteiger partial charge < -0.3 is 14.8 Å². The van der Waals surface area contributed by atoms with Crippen molar-refractivity contribution in [3.8, 4) is 11.5 Å². The molecule has 3 nitrogen and oxygen atoms in total. The van der Waals surface area contributed by atoms with Gasteiger partial charge in [0.15, 0.2) is 11.5 Å². The Balaban J connectivity index is 0.00000176. The maximum absolute atomic E-state index is 5.89. The maximum Gasteiger partial charge on any atom is 0.161 e. The van der Waals surface area contributed by atoms with Gasteiger partial charge in [0.05, 0.1) is 7.11 Å². The first-order valence-electron chi connectivity index (χ1n) is 7.45. The molecule has 3 rings (SSSR count). The van der Waals surface area contributed by atoms with Crippen LogP contribution in [0.15, 0.2) is 48.5 Å². The smallest absolute Gasteiger partial charge is 0.161 e. The number of benzene rings is 2. The fourth-order valence-electron chi connectivity index (χ4n) is 2.72. The summed E-state index contributed by atoms with van der Waals surface area (Å²) in [7, 11) is 1.69. The van der Waals surface area contributed by atoms with Gasteiger partial charge in [-0.3, -0.25) is 0 Å². The van der Waals surface area contributed by atoms with Crippen molar-refractivity contribution in [2.75, 3.05) is 13.7 Å². The number of ether oxygens (including phenoxy) is 2. The molecule has 0 radical (unpaired) electrons. The van der Waals surface area contributed by atoms with Gasteiger partial charge in [0, 0.05) is 6.04 Å². The van der Waals surface area contributed by atoms with E-state index in [-0.39, 0.29) is 12.4 Å². The van der Waals surface area contributed by atoms with Gasteiger partial charge in [-0.1, -0.05) is 36.4 Å². The first-order valence-corrected chi connectivity index (χ1v) is 7.45. The van der Waals surface area contributed by atoms with Crippen molar-refractivity contribution >= 4 is 12.4 Å². The van der Waals surface area contributed by atoms with Crippen LogP contribution in [0.4, 0.5) is 0 Å². The Morgan fingerprint density at radius 1 is 1.09 bits per heavy atom. The summed E-state index contributed by atoms with van der Waals surface area (Å²) < 4.78 is 11.4. The molecule has 2 aromatic rings. The van der Waals surface area contributed by atoms with Crippen LogP contribution in [0.1, 0.15) is 30.0 Å². The topological polar surface area (TPSA) is 30.5 Å². The molecule has 0 amide bonds. The second-order valence-corrected chi connectivity index (χ2v) is 5.33. The highest BCUT2D eigenvalue weighted by molar-refractivity contribution is 5.85. The summed E-state index contributed by atoms with van der Waals surface area (Å²) in [5.41, 5.74) is 2.43. The molecule has 1 fully saturated rings. The summed E-state index contributed by atoms with van der Waals surface area (Å²) in [5, 5.41) is 3.51. The molecule has 0 unspecified atom stereocenters. The molecule has 22 heavy (non-hydrogen) atoms. The molecule has 1 aliphatic rings. The van der Waals surface area contributed by atoms with Crippen molar-refractivity contribution in [2.45, 2.75) is 25.5 Å². The lowest BCUT2D eigenvalue weighted by atomic mass is 10.0. The summed E-state index contributed by atoms with van der Waals surface area (Å²) >= 11 is 0. The van der Waals surface area contributed by atoms with Crippen LogP contribution in [0.2, 0.25) is 0 Å². The Morgan fingerprint density at radius 2 is 1.91 bits per heavy atom. The minimum atomic E-state index is 0. The van der Waals surface area contributed by atoms with E-state index in [0.717, 1.165) is 23.6 Å². The van der Waals surface area contributed by atoms with Crippen molar-refractivity contribution in [2.24, 2.45) is 0 Å². The fraction of sp³-hybridized carbons (Fsp3) is 0.333. The molecule has 1 N–H and O–H groups in total. The summed E-state index contributed by atoms with van der Waals surface area (Å²) in [6.45, 7) is 1.65. The minimum absolute atomic E-state index is 0. The average Bonchev–Trinajstić information content (AvgIpc) is 3.08. The Kier molecular flexibility index (Phi) is 6.10. The van der Waals surface area contributed by atoms with E-state index in [2.05, 4.69) is 29.6 Å². The lowest BCUT2D eigenvalue weighted by Gasteiger charge is -2.15. The quantitative estimate of drug-likeness (QED) is 0.899. The second kappa shape index (κ2) is 8.06. The van der Waals surface area contributed by atoms with Gasteiger partial charge in [0.1, 0.15) is 6.61 Å². The Morgan fingerprint density at radius 3 is 2.59 bits per heavy atom. The lowest BCUT2D eigenvalue weighted by Crippen LogP contribution is -2.12. The molecule has 1 heterocycles. The van der Waals surface area contributed by atoms with Crippen LogP contribution in [0.3, 0.4) is 0 Å². The highest BCUT2D eigenvalue weighted by Gasteiger charge is 2.17. The van der Waals surface area contributed by atoms with Gasteiger partial charge in [0.25, 0.3) is 0 Å². The number of hydrogen-bond donors (Lipinski definition) is 1. The van der Waals surface area contributed by atoms with Gasteiger partial charge in [-0.2, -0.15) is 0 Å². The largest absolute Gasteiger partial charge is 0.493 e. The number of nitrogens with one attached hydrogen (secondary N) is 1. The number of rotatable bonds is 5. The third-order valence-electron chi connectivity index (χ3n) is 3.89. The molecule has 0 aromatic heterocycles. The highest BCUT2D eigenvalue weighted by Crippen LogP contribution is 2.33. The van der Waals surface area contributed by atoms with E-state index in [9.17, 15) is 0 Å². The molecule has 1 aliphatic heterocycles. The normalized spacial score (nSPS) is 16.9. The van der Waals surface area contributed by atoms with Crippen LogP contribution >= 0.6 is 12.4 Å². The number of halogens is 1. The fourth-order valence-corrected chi connectivity index (χ4v) is 2.72. The number of hydrogen-bond acceptors (Lipinski definition) is 3. The highest BCUT2D eigenvalue weighted by atomic mass is 35.5. The predicted octanol–water partition coefficient (Wildman–Crippen LogP) is 4.12. The van der Waals surface area contributed by atoms with Gasteiger partial charge in [-0.15, -0.1) is 12.4 Å². The molecule has 118 valence electrons. The van der Waals surface area contributed by atoms with E-state index in [1.165, 1.54) is 18.4 Å². The Labute approximate surface area is 138 Å². The molecular weight excluding hydrogens is 298 g/mol. The third-order valence-corrected chi connectivity index (χ3v) is 3.89. The van der Waals surface area contributed by atoms with Crippen LogP contribution < -0.4 is 14.8 Å². The van der Waals surface area contributed by atoms with Crippen LogP contribution in [-0.2, 0) is 6.61 Å². The van der Waals surface area contributed by atoms with E-state index in [0.29, 0.717) is 12.6 Å². The van der Waals surface area contributed by atoms with Gasteiger partial charge in [0.2, 0.25) is 0 Å². The summed E-state index contributed by atoms with van der Waals surface area (Å²) in [6.07, 6.45) is 2.42. The maximum atomic E-state index is 5.89. The third kappa shape index (κ3) is 3.93. The first-order chi connectivity index (χ1) is 10.4. The zero-order valence-corrected chi connectivity index (χ0v) is 13.6. The zero-order valence-electron chi connectivity index (χ0n) is 12.7. The van der Waals surface area contributed by atoms with E-state index in [4.69, 9.17) is 9.47 Å². The molecular formula is C18H22ClNO2. The van der Waals surface area contributed by atoms with Crippen molar-refractivity contribution in [3.63, 3.8) is 0 Å². The number of methoxy groups -OCH3 is 1. The molecule has 0 spiro atoms. The average molecular weight is 320 g/mol. The van der Waals surface area contributed by atoms with Crippen LogP contribution in [0, 0.1) is 0 Å². The van der Waals surface area contributed by atoms with E-state index < -0.39 is 0 Å². The van der Waals surface area contributed by atoms with E-state index in [1.807, 2.05) is 24.3 Å². The molecule has 4 heteroatoms. The first kappa shape index (κ1) is 16.7. The summed E-state index contributed by atoms with van der Waals surface area (Å²) in [4.78, 5) is 0. The SMILES string of the molecule is COc1cc([C@@H]2CCCN2)ccc1OCc1ccccc1.Cl. The minimum Gasteiger partial charge on any atom is -0.493 e. The summed E-state index contributed by atoms with van der Waals surface area (Å²) in [6, 6.07) is 16.8. The Bertz CT molecular complexity index is 583. The molecule has 1 atom stereocenters.